The molecule has 0 aliphatic carbocycles. The highest BCUT2D eigenvalue weighted by atomic mass is 15.2. The molecule has 1 atom stereocenters. The van der Waals surface area contributed by atoms with E-state index >= 15 is 0 Å². The van der Waals surface area contributed by atoms with Crippen molar-refractivity contribution in [1.29, 1.82) is 0 Å². The van der Waals surface area contributed by atoms with Gasteiger partial charge in [-0.15, -0.1) is 0 Å². The fraction of sp³-hybridized carbons (Fsp3) is 0.583. The van der Waals surface area contributed by atoms with Crippen LogP contribution in [0.25, 0.3) is 0 Å². The van der Waals surface area contributed by atoms with Crippen LogP contribution in [0.2, 0.25) is 0 Å². The molecule has 0 amide bonds. The van der Waals surface area contributed by atoms with Gasteiger partial charge in [-0.05, 0) is 50.0 Å². The molecule has 0 spiro atoms. The van der Waals surface area contributed by atoms with E-state index in [0.29, 0.717) is 6.04 Å². The molecule has 0 bridgehead atoms. The van der Waals surface area contributed by atoms with Gasteiger partial charge in [-0.2, -0.15) is 0 Å². The summed E-state index contributed by atoms with van der Waals surface area (Å²) >= 11 is 0. The van der Waals surface area contributed by atoms with Gasteiger partial charge in [0.05, 0.1) is 0 Å². The molecule has 0 aromatic carbocycles. The summed E-state index contributed by atoms with van der Waals surface area (Å²) in [5.74, 6) is 0. The maximum Gasteiger partial charge on any atom is 0.0349 e. The van der Waals surface area contributed by atoms with E-state index in [9.17, 15) is 0 Å². The predicted octanol–water partition coefficient (Wildman–Crippen LogP) is 2.63. The molecule has 1 aromatic rings. The quantitative estimate of drug-likeness (QED) is 0.728. The van der Waals surface area contributed by atoms with Crippen LogP contribution >= 0.6 is 0 Å². The Morgan fingerprint density at radius 3 is 2.93 bits per heavy atom. The van der Waals surface area contributed by atoms with Gasteiger partial charge in [0.25, 0.3) is 0 Å². The zero-order chi connectivity index (χ0) is 9.80. The number of rotatable bonds is 3. The van der Waals surface area contributed by atoms with Crippen molar-refractivity contribution >= 4 is 0 Å². The SMILES string of the molecule is CCCN1CCC[C@@H]1c1ccncc1. The Morgan fingerprint density at radius 2 is 2.21 bits per heavy atom. The number of pyridine rings is 1. The number of aromatic nitrogens is 1. The first-order valence-corrected chi connectivity index (χ1v) is 5.56. The average Bonchev–Trinajstić information content (AvgIpc) is 2.68. The fourth-order valence-corrected chi connectivity index (χ4v) is 2.34. The highest BCUT2D eigenvalue weighted by molar-refractivity contribution is 5.16. The summed E-state index contributed by atoms with van der Waals surface area (Å²) in [7, 11) is 0. The largest absolute Gasteiger partial charge is 0.296 e. The minimum Gasteiger partial charge on any atom is -0.296 e. The molecule has 1 aliphatic rings. The number of nitrogens with zero attached hydrogens (tertiary/aromatic N) is 2. The van der Waals surface area contributed by atoms with Crippen LogP contribution in [0.3, 0.4) is 0 Å². The highest BCUT2D eigenvalue weighted by Gasteiger charge is 2.24. The first-order chi connectivity index (χ1) is 6.92. The van der Waals surface area contributed by atoms with Crippen LogP contribution < -0.4 is 0 Å². The van der Waals surface area contributed by atoms with Gasteiger partial charge in [0.1, 0.15) is 0 Å². The minimum atomic E-state index is 0.651. The van der Waals surface area contributed by atoms with E-state index < -0.39 is 0 Å². The monoisotopic (exact) mass is 190 g/mol. The molecule has 1 fully saturated rings. The summed E-state index contributed by atoms with van der Waals surface area (Å²) in [5, 5.41) is 0. The standard InChI is InChI=1S/C12H18N2/c1-2-9-14-10-3-4-12(14)11-5-7-13-8-6-11/h5-8,12H,2-4,9-10H2,1H3/t12-/m1/s1. The van der Waals surface area contributed by atoms with Gasteiger partial charge in [0, 0.05) is 18.4 Å². The Kier molecular flexibility index (Phi) is 3.14. The maximum absolute atomic E-state index is 4.07. The van der Waals surface area contributed by atoms with Crippen molar-refractivity contribution in [1.82, 2.24) is 9.88 Å². The van der Waals surface area contributed by atoms with Crippen LogP contribution in [0.4, 0.5) is 0 Å². The molecule has 1 saturated heterocycles. The molecule has 1 aliphatic heterocycles. The lowest BCUT2D eigenvalue weighted by molar-refractivity contribution is 0.258. The van der Waals surface area contributed by atoms with E-state index in [1.54, 1.807) is 0 Å². The van der Waals surface area contributed by atoms with E-state index in [-0.39, 0.29) is 0 Å². The van der Waals surface area contributed by atoms with Crippen molar-refractivity contribution in [2.24, 2.45) is 0 Å². The lowest BCUT2D eigenvalue weighted by Gasteiger charge is -2.23. The van der Waals surface area contributed by atoms with Crippen LogP contribution in [0.1, 0.15) is 37.8 Å². The normalized spacial score (nSPS) is 22.8. The lowest BCUT2D eigenvalue weighted by atomic mass is 10.1. The molecule has 0 unspecified atom stereocenters. The molecule has 14 heavy (non-hydrogen) atoms. The average molecular weight is 190 g/mol. The predicted molar refractivity (Wildman–Crippen MR) is 58.1 cm³/mol. The smallest absolute Gasteiger partial charge is 0.0349 e. The van der Waals surface area contributed by atoms with Crippen molar-refractivity contribution in [3.05, 3.63) is 30.1 Å². The topological polar surface area (TPSA) is 16.1 Å². The van der Waals surface area contributed by atoms with Gasteiger partial charge in [-0.1, -0.05) is 6.92 Å². The first-order valence-electron chi connectivity index (χ1n) is 5.56. The van der Waals surface area contributed by atoms with Crippen LogP contribution in [-0.2, 0) is 0 Å². The molecule has 2 heteroatoms. The van der Waals surface area contributed by atoms with E-state index in [2.05, 4.69) is 28.9 Å². The summed E-state index contributed by atoms with van der Waals surface area (Å²) in [6.45, 7) is 4.75. The molecular weight excluding hydrogens is 172 g/mol. The van der Waals surface area contributed by atoms with Gasteiger partial charge < -0.3 is 0 Å². The van der Waals surface area contributed by atoms with Crippen LogP contribution in [0.5, 0.6) is 0 Å². The molecule has 76 valence electrons. The molecular formula is C12H18N2. The van der Waals surface area contributed by atoms with Crippen molar-refractivity contribution in [2.45, 2.75) is 32.2 Å². The summed E-state index contributed by atoms with van der Waals surface area (Å²) in [6.07, 6.45) is 7.70. The maximum atomic E-state index is 4.07. The summed E-state index contributed by atoms with van der Waals surface area (Å²) < 4.78 is 0. The number of hydrogen-bond donors (Lipinski definition) is 0. The molecule has 0 radical (unpaired) electrons. The van der Waals surface area contributed by atoms with E-state index in [1.807, 2.05) is 12.4 Å². The van der Waals surface area contributed by atoms with Crippen molar-refractivity contribution in [3.8, 4) is 0 Å². The van der Waals surface area contributed by atoms with Gasteiger partial charge >= 0.3 is 0 Å². The summed E-state index contributed by atoms with van der Waals surface area (Å²) in [6, 6.07) is 4.95. The Labute approximate surface area is 86.0 Å². The number of likely N-dealkylation sites (tertiary alicyclic amines) is 1. The summed E-state index contributed by atoms with van der Waals surface area (Å²) in [4.78, 5) is 6.66. The highest BCUT2D eigenvalue weighted by Crippen LogP contribution is 2.31. The summed E-state index contributed by atoms with van der Waals surface area (Å²) in [5.41, 5.74) is 1.44. The van der Waals surface area contributed by atoms with E-state index in [1.165, 1.54) is 37.9 Å². The Bertz CT molecular complexity index is 271. The molecule has 0 N–H and O–H groups in total. The Morgan fingerprint density at radius 1 is 1.43 bits per heavy atom. The zero-order valence-corrected chi connectivity index (χ0v) is 8.82. The van der Waals surface area contributed by atoms with E-state index in [4.69, 9.17) is 0 Å². The van der Waals surface area contributed by atoms with Gasteiger partial charge in [0.2, 0.25) is 0 Å². The Hall–Kier alpha value is -0.890. The lowest BCUT2D eigenvalue weighted by Crippen LogP contribution is -2.23. The Balaban J connectivity index is 2.10. The molecule has 2 nitrogen and oxygen atoms in total. The first kappa shape index (κ1) is 9.66. The fourth-order valence-electron chi connectivity index (χ4n) is 2.34. The van der Waals surface area contributed by atoms with Crippen LogP contribution in [-0.4, -0.2) is 23.0 Å². The third-order valence-corrected chi connectivity index (χ3v) is 2.97. The van der Waals surface area contributed by atoms with Crippen LogP contribution in [0, 0.1) is 0 Å². The van der Waals surface area contributed by atoms with Crippen LogP contribution in [0.15, 0.2) is 24.5 Å². The van der Waals surface area contributed by atoms with E-state index in [0.717, 1.165) is 0 Å². The minimum absolute atomic E-state index is 0.651. The molecule has 1 aromatic heterocycles. The van der Waals surface area contributed by atoms with Gasteiger partial charge in [0.15, 0.2) is 0 Å². The molecule has 0 saturated carbocycles. The third kappa shape index (κ3) is 1.95. The molecule has 2 heterocycles. The second kappa shape index (κ2) is 4.56. The second-order valence-electron chi connectivity index (χ2n) is 3.97. The van der Waals surface area contributed by atoms with Crippen molar-refractivity contribution < 1.29 is 0 Å². The zero-order valence-electron chi connectivity index (χ0n) is 8.82. The number of hydrogen-bond acceptors (Lipinski definition) is 2. The third-order valence-electron chi connectivity index (χ3n) is 2.97. The van der Waals surface area contributed by atoms with Gasteiger partial charge in [-0.25, -0.2) is 0 Å². The second-order valence-corrected chi connectivity index (χ2v) is 3.97. The van der Waals surface area contributed by atoms with Crippen molar-refractivity contribution in [3.63, 3.8) is 0 Å². The molecule has 2 rings (SSSR count). The van der Waals surface area contributed by atoms with Crippen molar-refractivity contribution in [2.75, 3.05) is 13.1 Å². The van der Waals surface area contributed by atoms with Gasteiger partial charge in [-0.3, -0.25) is 9.88 Å².